The maximum absolute atomic E-state index is 2.41. The normalized spacial score (nSPS) is 16.4. The van der Waals surface area contributed by atoms with Gasteiger partial charge in [0.1, 0.15) is 0 Å². The predicted octanol–water partition coefficient (Wildman–Crippen LogP) is 5.59. The summed E-state index contributed by atoms with van der Waals surface area (Å²) in [6, 6.07) is 30.0. The van der Waals surface area contributed by atoms with Gasteiger partial charge in [-0.2, -0.15) is 0 Å². The van der Waals surface area contributed by atoms with Crippen LogP contribution in [0.3, 0.4) is 0 Å². The Bertz CT molecular complexity index is 790. The van der Waals surface area contributed by atoms with Gasteiger partial charge in [-0.1, -0.05) is 78.9 Å². The number of nitrogens with zero attached hydrogens (tertiary/aromatic N) is 1. The third-order valence-electron chi connectivity index (χ3n) is 4.11. The van der Waals surface area contributed by atoms with Crippen molar-refractivity contribution in [2.45, 2.75) is 6.04 Å². The second-order valence-electron chi connectivity index (χ2n) is 5.48. The molecule has 1 atom stereocenters. The molecule has 0 radical (unpaired) electrons. The van der Waals surface area contributed by atoms with Crippen LogP contribution in [0.1, 0.15) is 17.2 Å². The fourth-order valence-electron chi connectivity index (χ4n) is 3.08. The molecule has 0 bridgehead atoms. The van der Waals surface area contributed by atoms with Gasteiger partial charge < -0.3 is 4.90 Å². The topological polar surface area (TPSA) is 3.24 Å². The first kappa shape index (κ1) is 12.9. The van der Waals surface area contributed by atoms with Crippen molar-refractivity contribution >= 4 is 17.5 Å². The zero-order chi connectivity index (χ0) is 14.8. The van der Waals surface area contributed by atoms with Gasteiger partial charge in [0.15, 0.2) is 0 Å². The van der Waals surface area contributed by atoms with Crippen molar-refractivity contribution in [3.05, 3.63) is 102 Å². The smallest absolute Gasteiger partial charge is 0.0779 e. The molecule has 0 aromatic heterocycles. The Morgan fingerprint density at radius 3 is 2.05 bits per heavy atom. The lowest BCUT2D eigenvalue weighted by molar-refractivity contribution is 0.845. The first-order chi connectivity index (χ1) is 10.9. The lowest BCUT2D eigenvalue weighted by atomic mass is 9.96. The molecule has 0 spiro atoms. The number of para-hydroxylation sites is 2. The molecule has 22 heavy (non-hydrogen) atoms. The number of hydrogen-bond donors (Lipinski definition) is 0. The Morgan fingerprint density at radius 1 is 0.636 bits per heavy atom. The van der Waals surface area contributed by atoms with E-state index >= 15 is 0 Å². The second-order valence-corrected chi connectivity index (χ2v) is 5.48. The summed E-state index contributed by atoms with van der Waals surface area (Å²) in [6.45, 7) is 0. The Kier molecular flexibility index (Phi) is 3.24. The Morgan fingerprint density at radius 2 is 1.27 bits per heavy atom. The van der Waals surface area contributed by atoms with E-state index in [0.717, 1.165) is 0 Å². The van der Waals surface area contributed by atoms with Crippen LogP contribution in [-0.4, -0.2) is 0 Å². The molecule has 3 aromatic carbocycles. The van der Waals surface area contributed by atoms with E-state index in [0.29, 0.717) is 0 Å². The van der Waals surface area contributed by atoms with Gasteiger partial charge in [-0.3, -0.25) is 0 Å². The maximum atomic E-state index is 2.41. The van der Waals surface area contributed by atoms with Gasteiger partial charge in [-0.15, -0.1) is 0 Å². The molecule has 1 aliphatic rings. The highest BCUT2D eigenvalue weighted by Crippen LogP contribution is 2.41. The molecular weight excluding hydrogens is 266 g/mol. The molecule has 0 fully saturated rings. The largest absolute Gasteiger partial charge is 0.330 e. The fourth-order valence-corrected chi connectivity index (χ4v) is 3.08. The van der Waals surface area contributed by atoms with Crippen LogP contribution in [0.25, 0.3) is 6.08 Å². The van der Waals surface area contributed by atoms with Gasteiger partial charge in [0.25, 0.3) is 0 Å². The van der Waals surface area contributed by atoms with Gasteiger partial charge in [-0.05, 0) is 29.3 Å². The van der Waals surface area contributed by atoms with Crippen molar-refractivity contribution in [2.75, 3.05) is 4.90 Å². The molecule has 1 aliphatic heterocycles. The summed E-state index contributed by atoms with van der Waals surface area (Å²) < 4.78 is 0. The van der Waals surface area contributed by atoms with Crippen molar-refractivity contribution in [3.63, 3.8) is 0 Å². The van der Waals surface area contributed by atoms with Gasteiger partial charge in [0.2, 0.25) is 0 Å². The predicted molar refractivity (Wildman–Crippen MR) is 93.2 cm³/mol. The van der Waals surface area contributed by atoms with E-state index in [1.54, 1.807) is 0 Å². The maximum Gasteiger partial charge on any atom is 0.0779 e. The van der Waals surface area contributed by atoms with Crippen LogP contribution in [0.2, 0.25) is 0 Å². The van der Waals surface area contributed by atoms with Gasteiger partial charge >= 0.3 is 0 Å². The summed E-state index contributed by atoms with van der Waals surface area (Å²) in [4.78, 5) is 2.41. The highest BCUT2D eigenvalue weighted by Gasteiger charge is 2.24. The summed E-state index contributed by atoms with van der Waals surface area (Å²) in [6.07, 6.45) is 4.51. The van der Waals surface area contributed by atoms with Crippen LogP contribution < -0.4 is 4.90 Å². The molecular formula is C21H17N. The molecule has 1 heterocycles. The number of anilines is 2. The second kappa shape index (κ2) is 5.53. The fraction of sp³-hybridized carbons (Fsp3) is 0.0476. The van der Waals surface area contributed by atoms with Gasteiger partial charge in [0.05, 0.1) is 6.04 Å². The molecule has 1 nitrogen and oxygen atoms in total. The molecule has 0 aliphatic carbocycles. The minimum atomic E-state index is 0.221. The third kappa shape index (κ3) is 2.21. The van der Waals surface area contributed by atoms with Crippen molar-refractivity contribution in [1.29, 1.82) is 0 Å². The number of hydrogen-bond acceptors (Lipinski definition) is 1. The molecule has 0 saturated heterocycles. The molecule has 4 rings (SSSR count). The first-order valence-electron chi connectivity index (χ1n) is 7.60. The molecule has 0 saturated carbocycles. The van der Waals surface area contributed by atoms with Crippen molar-refractivity contribution in [2.24, 2.45) is 0 Å². The quantitative estimate of drug-likeness (QED) is 0.592. The summed E-state index contributed by atoms with van der Waals surface area (Å²) in [5.74, 6) is 0. The van der Waals surface area contributed by atoms with Gasteiger partial charge in [-0.25, -0.2) is 0 Å². The van der Waals surface area contributed by atoms with Crippen LogP contribution in [0.4, 0.5) is 11.4 Å². The van der Waals surface area contributed by atoms with Gasteiger partial charge in [0, 0.05) is 11.4 Å². The Hall–Kier alpha value is -2.80. The summed E-state index contributed by atoms with van der Waals surface area (Å²) in [5, 5.41) is 0. The van der Waals surface area contributed by atoms with Crippen molar-refractivity contribution < 1.29 is 0 Å². The monoisotopic (exact) mass is 283 g/mol. The van der Waals surface area contributed by atoms with Crippen LogP contribution in [0.5, 0.6) is 0 Å². The highest BCUT2D eigenvalue weighted by atomic mass is 15.2. The SMILES string of the molecule is C1=CC(c2ccccc2)N(c2ccccc2)c2ccccc21. The molecule has 106 valence electrons. The molecule has 3 aromatic rings. The minimum Gasteiger partial charge on any atom is -0.330 e. The summed E-state index contributed by atoms with van der Waals surface area (Å²) in [5.41, 5.74) is 5.04. The molecule has 0 amide bonds. The summed E-state index contributed by atoms with van der Waals surface area (Å²) >= 11 is 0. The lowest BCUT2D eigenvalue weighted by Gasteiger charge is -2.36. The number of rotatable bonds is 2. The van der Waals surface area contributed by atoms with Crippen LogP contribution in [0, 0.1) is 0 Å². The van der Waals surface area contributed by atoms with E-state index in [1.165, 1.54) is 22.5 Å². The molecule has 1 heteroatoms. The van der Waals surface area contributed by atoms with E-state index in [4.69, 9.17) is 0 Å². The van der Waals surface area contributed by atoms with Crippen molar-refractivity contribution in [3.8, 4) is 0 Å². The zero-order valence-corrected chi connectivity index (χ0v) is 12.3. The summed E-state index contributed by atoms with van der Waals surface area (Å²) in [7, 11) is 0. The van der Waals surface area contributed by atoms with E-state index in [-0.39, 0.29) is 6.04 Å². The third-order valence-corrected chi connectivity index (χ3v) is 4.11. The van der Waals surface area contributed by atoms with E-state index in [2.05, 4.69) is 102 Å². The minimum absolute atomic E-state index is 0.221. The van der Waals surface area contributed by atoms with E-state index in [1.807, 2.05) is 0 Å². The average Bonchev–Trinajstić information content (AvgIpc) is 2.62. The van der Waals surface area contributed by atoms with E-state index < -0.39 is 0 Å². The van der Waals surface area contributed by atoms with Crippen LogP contribution in [0.15, 0.2) is 91.0 Å². The molecule has 0 N–H and O–H groups in total. The highest BCUT2D eigenvalue weighted by molar-refractivity contribution is 5.79. The van der Waals surface area contributed by atoms with Crippen LogP contribution in [-0.2, 0) is 0 Å². The number of fused-ring (bicyclic) bond motifs is 1. The Balaban J connectivity index is 1.89. The first-order valence-corrected chi connectivity index (χ1v) is 7.60. The zero-order valence-electron chi connectivity index (χ0n) is 12.3. The van der Waals surface area contributed by atoms with Crippen molar-refractivity contribution in [1.82, 2.24) is 0 Å². The van der Waals surface area contributed by atoms with Crippen LogP contribution >= 0.6 is 0 Å². The van der Waals surface area contributed by atoms with E-state index in [9.17, 15) is 0 Å². The lowest BCUT2D eigenvalue weighted by Crippen LogP contribution is -2.25. The Labute approximate surface area is 131 Å². The molecule has 1 unspecified atom stereocenters. The standard InChI is InChI=1S/C21H17N/c1-3-9-17(10-4-1)21-16-15-18-11-7-8-14-20(18)22(21)19-12-5-2-6-13-19/h1-16,21H. The number of benzene rings is 3. The average molecular weight is 283 g/mol.